The maximum Gasteiger partial charge on any atom is 0.270 e. The van der Waals surface area contributed by atoms with Crippen molar-refractivity contribution in [2.24, 2.45) is 0 Å². The molecule has 0 amide bonds. The zero-order valence-corrected chi connectivity index (χ0v) is 11.2. The van der Waals surface area contributed by atoms with Gasteiger partial charge < -0.3 is 9.67 Å². The van der Waals surface area contributed by atoms with Crippen molar-refractivity contribution in [3.05, 3.63) is 44.2 Å². The largest absolute Gasteiger partial charge is 0.506 e. The molecule has 3 rings (SSSR count). The third kappa shape index (κ3) is 1.97. The molecule has 1 aliphatic rings. The Kier molecular flexibility index (Phi) is 2.79. The molecule has 0 spiro atoms. The van der Waals surface area contributed by atoms with Crippen molar-refractivity contribution in [2.75, 3.05) is 0 Å². The molecule has 0 saturated heterocycles. The number of carbonyl (C=O) groups is 1. The smallest absolute Gasteiger partial charge is 0.270 e. The lowest BCUT2D eigenvalue weighted by atomic mass is 10.1. The molecule has 1 fully saturated rings. The highest BCUT2D eigenvalue weighted by Gasteiger charge is 2.30. The molecule has 7 heteroatoms. The Morgan fingerprint density at radius 2 is 2.10 bits per heavy atom. The number of pyridine rings is 1. The van der Waals surface area contributed by atoms with Crippen molar-refractivity contribution in [3.63, 3.8) is 0 Å². The Morgan fingerprint density at radius 3 is 2.62 bits per heavy atom. The van der Waals surface area contributed by atoms with Crippen LogP contribution in [0.3, 0.4) is 0 Å². The predicted molar refractivity (Wildman–Crippen MR) is 74.8 cm³/mol. The molecule has 1 N–H and O–H groups in total. The summed E-state index contributed by atoms with van der Waals surface area (Å²) in [5, 5.41) is 21.2. The average molecular weight is 288 g/mol. The van der Waals surface area contributed by atoms with Crippen molar-refractivity contribution in [2.45, 2.75) is 25.8 Å². The number of ketones is 1. The van der Waals surface area contributed by atoms with E-state index in [2.05, 4.69) is 0 Å². The SMILES string of the molecule is CC(=O)c1c(O)c2cc([N+](=O)[O-])ccc2n(C2CC2)c1=O. The summed E-state index contributed by atoms with van der Waals surface area (Å²) in [4.78, 5) is 34.3. The number of benzene rings is 1. The lowest BCUT2D eigenvalue weighted by Gasteiger charge is -2.13. The Bertz CT molecular complexity index is 849. The molecule has 0 unspecified atom stereocenters. The van der Waals surface area contributed by atoms with Gasteiger partial charge in [-0.15, -0.1) is 0 Å². The van der Waals surface area contributed by atoms with Crippen LogP contribution in [0.25, 0.3) is 10.9 Å². The van der Waals surface area contributed by atoms with Gasteiger partial charge in [0.1, 0.15) is 11.3 Å². The van der Waals surface area contributed by atoms with Gasteiger partial charge in [-0.1, -0.05) is 0 Å². The number of carbonyl (C=O) groups excluding carboxylic acids is 1. The zero-order valence-electron chi connectivity index (χ0n) is 11.2. The van der Waals surface area contributed by atoms with Crippen LogP contribution in [0.15, 0.2) is 23.0 Å². The van der Waals surface area contributed by atoms with E-state index >= 15 is 0 Å². The lowest BCUT2D eigenvalue weighted by molar-refractivity contribution is -0.384. The van der Waals surface area contributed by atoms with Gasteiger partial charge in [0, 0.05) is 23.6 Å². The first-order valence-electron chi connectivity index (χ1n) is 6.48. The van der Waals surface area contributed by atoms with Crippen LogP contribution in [0.5, 0.6) is 5.75 Å². The summed E-state index contributed by atoms with van der Waals surface area (Å²) in [6, 6.07) is 3.90. The monoisotopic (exact) mass is 288 g/mol. The Labute approximate surface area is 118 Å². The Morgan fingerprint density at radius 1 is 1.43 bits per heavy atom. The van der Waals surface area contributed by atoms with Crippen molar-refractivity contribution >= 4 is 22.4 Å². The molecule has 7 nitrogen and oxygen atoms in total. The molecule has 0 bridgehead atoms. The van der Waals surface area contributed by atoms with Gasteiger partial charge in [0.15, 0.2) is 5.78 Å². The second kappa shape index (κ2) is 4.41. The fourth-order valence-electron chi connectivity index (χ4n) is 2.52. The van der Waals surface area contributed by atoms with Crippen LogP contribution >= 0.6 is 0 Å². The Balaban J connectivity index is 2.46. The highest BCUT2D eigenvalue weighted by Crippen LogP contribution is 2.39. The molecule has 1 aromatic carbocycles. The van der Waals surface area contributed by atoms with Gasteiger partial charge in [0.05, 0.1) is 10.4 Å². The van der Waals surface area contributed by atoms with Gasteiger partial charge in [-0.05, 0) is 25.8 Å². The van der Waals surface area contributed by atoms with Crippen LogP contribution in [-0.4, -0.2) is 20.4 Å². The number of hydrogen-bond acceptors (Lipinski definition) is 5. The third-order valence-corrected chi connectivity index (χ3v) is 3.64. The number of nitro groups is 1. The summed E-state index contributed by atoms with van der Waals surface area (Å²) in [6.45, 7) is 1.19. The van der Waals surface area contributed by atoms with Crippen LogP contribution in [0.2, 0.25) is 0 Å². The van der Waals surface area contributed by atoms with Crippen molar-refractivity contribution < 1.29 is 14.8 Å². The molecular weight excluding hydrogens is 276 g/mol. The summed E-state index contributed by atoms with van der Waals surface area (Å²) in [5.41, 5.74) is -0.636. The van der Waals surface area contributed by atoms with Gasteiger partial charge in [-0.25, -0.2) is 0 Å². The molecule has 2 aromatic rings. The number of Topliss-reactive ketones (excluding diaryl/α,β-unsaturated/α-hetero) is 1. The first-order valence-corrected chi connectivity index (χ1v) is 6.48. The van der Waals surface area contributed by atoms with E-state index in [4.69, 9.17) is 0 Å². The second-order valence-corrected chi connectivity index (χ2v) is 5.14. The van der Waals surface area contributed by atoms with Crippen molar-refractivity contribution in [1.82, 2.24) is 4.57 Å². The van der Waals surface area contributed by atoms with Crippen LogP contribution in [0.1, 0.15) is 36.2 Å². The van der Waals surface area contributed by atoms with Crippen LogP contribution < -0.4 is 5.56 Å². The van der Waals surface area contributed by atoms with Gasteiger partial charge in [-0.3, -0.25) is 19.7 Å². The number of nitro benzene ring substituents is 1. The van der Waals surface area contributed by atoms with E-state index < -0.39 is 22.0 Å². The number of aromatic nitrogens is 1. The summed E-state index contributed by atoms with van der Waals surface area (Å²) >= 11 is 0. The highest BCUT2D eigenvalue weighted by atomic mass is 16.6. The van der Waals surface area contributed by atoms with E-state index in [-0.39, 0.29) is 22.7 Å². The van der Waals surface area contributed by atoms with Gasteiger partial charge >= 0.3 is 0 Å². The number of fused-ring (bicyclic) bond motifs is 1. The van der Waals surface area contributed by atoms with Crippen LogP contribution in [-0.2, 0) is 0 Å². The van der Waals surface area contributed by atoms with E-state index in [1.165, 1.54) is 29.7 Å². The van der Waals surface area contributed by atoms with Crippen LogP contribution in [0.4, 0.5) is 5.69 Å². The molecule has 0 aliphatic heterocycles. The molecule has 1 saturated carbocycles. The van der Waals surface area contributed by atoms with E-state index in [1.54, 1.807) is 0 Å². The molecule has 1 heterocycles. The van der Waals surface area contributed by atoms with E-state index in [0.717, 1.165) is 12.8 Å². The second-order valence-electron chi connectivity index (χ2n) is 5.14. The van der Waals surface area contributed by atoms with Crippen LogP contribution in [0, 0.1) is 10.1 Å². The van der Waals surface area contributed by atoms with E-state index in [0.29, 0.717) is 5.52 Å². The minimum absolute atomic E-state index is 0.0137. The normalized spacial score (nSPS) is 14.3. The van der Waals surface area contributed by atoms with E-state index in [1.807, 2.05) is 0 Å². The molecule has 0 radical (unpaired) electrons. The summed E-state index contributed by atoms with van der Waals surface area (Å²) < 4.78 is 1.45. The lowest BCUT2D eigenvalue weighted by Crippen LogP contribution is -2.25. The zero-order chi connectivity index (χ0) is 15.3. The summed E-state index contributed by atoms with van der Waals surface area (Å²) in [6.07, 6.45) is 1.63. The predicted octanol–water partition coefficient (Wildman–Crippen LogP) is 2.15. The number of aromatic hydroxyl groups is 1. The standard InChI is InChI=1S/C14H12N2O5/c1-7(17)12-13(18)10-6-9(16(20)21)4-5-11(10)15(14(12)19)8-2-3-8/h4-6,8,18H,2-3H2,1H3. The van der Waals surface area contributed by atoms with Crippen molar-refractivity contribution in [3.8, 4) is 5.75 Å². The minimum Gasteiger partial charge on any atom is -0.506 e. The number of rotatable bonds is 3. The topological polar surface area (TPSA) is 102 Å². The molecule has 0 atom stereocenters. The maximum atomic E-state index is 12.4. The summed E-state index contributed by atoms with van der Waals surface area (Å²) in [7, 11) is 0. The van der Waals surface area contributed by atoms with Gasteiger partial charge in [0.2, 0.25) is 0 Å². The molecule has 108 valence electrons. The maximum absolute atomic E-state index is 12.4. The van der Waals surface area contributed by atoms with Gasteiger partial charge in [-0.2, -0.15) is 0 Å². The molecular formula is C14H12N2O5. The molecule has 1 aliphatic carbocycles. The first-order chi connectivity index (χ1) is 9.91. The molecule has 1 aromatic heterocycles. The fraction of sp³-hybridized carbons (Fsp3) is 0.286. The number of non-ortho nitro benzene ring substituents is 1. The number of hydrogen-bond donors (Lipinski definition) is 1. The van der Waals surface area contributed by atoms with E-state index in [9.17, 15) is 24.8 Å². The third-order valence-electron chi connectivity index (χ3n) is 3.64. The van der Waals surface area contributed by atoms with Gasteiger partial charge in [0.25, 0.3) is 11.2 Å². The highest BCUT2D eigenvalue weighted by molar-refractivity contribution is 6.02. The average Bonchev–Trinajstić information content (AvgIpc) is 3.22. The number of nitrogens with zero attached hydrogens (tertiary/aromatic N) is 2. The molecule has 21 heavy (non-hydrogen) atoms. The minimum atomic E-state index is -0.584. The summed E-state index contributed by atoms with van der Waals surface area (Å²) in [5.74, 6) is -1.04. The van der Waals surface area contributed by atoms with Crippen molar-refractivity contribution in [1.29, 1.82) is 0 Å². The quantitative estimate of drug-likeness (QED) is 0.529. The Hall–Kier alpha value is -2.70. The first kappa shape index (κ1) is 13.3. The fourth-order valence-corrected chi connectivity index (χ4v) is 2.52.